The van der Waals surface area contributed by atoms with E-state index in [1.807, 2.05) is 65.2 Å². The quantitative estimate of drug-likeness (QED) is 0.369. The van der Waals surface area contributed by atoms with Gasteiger partial charge in [-0.25, -0.2) is 0 Å². The number of pyridine rings is 1. The summed E-state index contributed by atoms with van der Waals surface area (Å²) in [6.45, 7) is 0. The van der Waals surface area contributed by atoms with Crippen LogP contribution in [0.3, 0.4) is 0 Å². The van der Waals surface area contributed by atoms with Gasteiger partial charge in [-0.3, -0.25) is 14.3 Å². The van der Waals surface area contributed by atoms with Gasteiger partial charge in [-0.05, 0) is 64.5 Å². The molecule has 0 radical (unpaired) electrons. The normalized spacial score (nSPS) is 10.6. The van der Waals surface area contributed by atoms with Crippen molar-refractivity contribution in [2.24, 2.45) is 0 Å². The van der Waals surface area contributed by atoms with Gasteiger partial charge in [0.2, 0.25) is 5.91 Å². The number of carbonyl (C=O) groups excluding carboxylic acids is 1. The summed E-state index contributed by atoms with van der Waals surface area (Å²) in [7, 11) is 1.62. The predicted octanol–water partition coefficient (Wildman–Crippen LogP) is 4.83. The monoisotopic (exact) mass is 495 g/mol. The number of para-hydroxylation sites is 1. The maximum atomic E-state index is 12.5. The summed E-state index contributed by atoms with van der Waals surface area (Å²) in [5.74, 6) is 1.45. The number of nitrogens with one attached hydrogen (secondary N) is 1. The Morgan fingerprint density at radius 1 is 1.10 bits per heavy atom. The Labute approximate surface area is 192 Å². The first kappa shape index (κ1) is 21.1. The van der Waals surface area contributed by atoms with Gasteiger partial charge >= 0.3 is 0 Å². The number of thioether (sulfide) groups is 1. The highest BCUT2D eigenvalue weighted by molar-refractivity contribution is 9.10. The second-order valence-electron chi connectivity index (χ2n) is 6.40. The smallest absolute Gasteiger partial charge is 0.234 e. The van der Waals surface area contributed by atoms with Gasteiger partial charge in [0.25, 0.3) is 0 Å². The number of anilines is 1. The van der Waals surface area contributed by atoms with Gasteiger partial charge in [0.05, 0.1) is 18.6 Å². The molecule has 0 unspecified atom stereocenters. The molecule has 0 saturated carbocycles. The van der Waals surface area contributed by atoms with Gasteiger partial charge in [-0.15, -0.1) is 10.2 Å². The summed E-state index contributed by atoms with van der Waals surface area (Å²) >= 11 is 4.75. The lowest BCUT2D eigenvalue weighted by molar-refractivity contribution is -0.113. The Hall–Kier alpha value is -3.17. The first-order chi connectivity index (χ1) is 15.2. The lowest BCUT2D eigenvalue weighted by Gasteiger charge is -2.11. The van der Waals surface area contributed by atoms with Crippen molar-refractivity contribution in [1.29, 1.82) is 0 Å². The third-order valence-corrected chi connectivity index (χ3v) is 5.98. The van der Waals surface area contributed by atoms with E-state index < -0.39 is 0 Å². The summed E-state index contributed by atoms with van der Waals surface area (Å²) in [4.78, 5) is 16.7. The largest absolute Gasteiger partial charge is 0.497 e. The average Bonchev–Trinajstić information content (AvgIpc) is 3.24. The molecule has 0 atom stereocenters. The Bertz CT molecular complexity index is 1180. The van der Waals surface area contributed by atoms with Crippen LogP contribution in [0.15, 0.2) is 82.7 Å². The van der Waals surface area contributed by atoms with Gasteiger partial charge in [-0.2, -0.15) is 0 Å². The van der Waals surface area contributed by atoms with Crippen molar-refractivity contribution in [3.8, 4) is 22.8 Å². The molecule has 4 rings (SSSR count). The van der Waals surface area contributed by atoms with Crippen LogP contribution in [0.4, 0.5) is 5.69 Å². The third-order valence-electron chi connectivity index (χ3n) is 4.36. The van der Waals surface area contributed by atoms with Crippen LogP contribution < -0.4 is 10.1 Å². The first-order valence-corrected chi connectivity index (χ1v) is 11.1. The summed E-state index contributed by atoms with van der Waals surface area (Å²) in [5, 5.41) is 12.2. The maximum absolute atomic E-state index is 12.5. The molecule has 1 amide bonds. The molecule has 1 N–H and O–H groups in total. The minimum absolute atomic E-state index is 0.135. The average molecular weight is 496 g/mol. The van der Waals surface area contributed by atoms with Crippen LogP contribution in [-0.2, 0) is 4.79 Å². The second kappa shape index (κ2) is 9.76. The molecule has 0 saturated heterocycles. The van der Waals surface area contributed by atoms with E-state index >= 15 is 0 Å². The van der Waals surface area contributed by atoms with Crippen LogP contribution in [0.1, 0.15) is 0 Å². The van der Waals surface area contributed by atoms with Crippen LogP contribution in [0.5, 0.6) is 5.75 Å². The number of nitrogens with zero attached hydrogens (tertiary/aromatic N) is 4. The minimum Gasteiger partial charge on any atom is -0.497 e. The SMILES string of the molecule is COc1ccc(-n2c(SCC(=O)Nc3ccccc3Br)nnc2-c2cccnc2)cc1. The van der Waals surface area contributed by atoms with E-state index in [2.05, 4.69) is 36.4 Å². The molecular formula is C22H18BrN5O2S. The second-order valence-corrected chi connectivity index (χ2v) is 8.19. The number of aromatic nitrogens is 4. The molecule has 0 aliphatic carbocycles. The number of methoxy groups -OCH3 is 1. The molecule has 2 heterocycles. The number of hydrogen-bond acceptors (Lipinski definition) is 6. The number of amides is 1. The zero-order chi connectivity index (χ0) is 21.6. The van der Waals surface area contributed by atoms with Crippen LogP contribution in [0.25, 0.3) is 17.1 Å². The number of benzene rings is 2. The Balaban J connectivity index is 1.60. The molecule has 2 aromatic carbocycles. The number of rotatable bonds is 7. The minimum atomic E-state index is -0.135. The van der Waals surface area contributed by atoms with Crippen molar-refractivity contribution in [3.63, 3.8) is 0 Å². The van der Waals surface area contributed by atoms with Gasteiger partial charge in [0, 0.05) is 28.1 Å². The lowest BCUT2D eigenvalue weighted by atomic mass is 10.2. The molecule has 7 nitrogen and oxygen atoms in total. The Morgan fingerprint density at radius 2 is 1.90 bits per heavy atom. The molecule has 156 valence electrons. The van der Waals surface area contributed by atoms with Crippen molar-refractivity contribution in [1.82, 2.24) is 19.7 Å². The van der Waals surface area contributed by atoms with E-state index in [1.54, 1.807) is 19.5 Å². The van der Waals surface area contributed by atoms with E-state index in [9.17, 15) is 4.79 Å². The van der Waals surface area contributed by atoms with Crippen molar-refractivity contribution >= 4 is 39.3 Å². The molecule has 4 aromatic rings. The van der Waals surface area contributed by atoms with Crippen LogP contribution in [0.2, 0.25) is 0 Å². The molecule has 0 aliphatic heterocycles. The summed E-state index contributed by atoms with van der Waals surface area (Å²) in [6, 6.07) is 18.8. The molecule has 31 heavy (non-hydrogen) atoms. The van der Waals surface area contributed by atoms with Gasteiger partial charge in [0.1, 0.15) is 5.75 Å². The highest BCUT2D eigenvalue weighted by atomic mass is 79.9. The van der Waals surface area contributed by atoms with Crippen LogP contribution >= 0.6 is 27.7 Å². The van der Waals surface area contributed by atoms with E-state index in [0.717, 1.165) is 27.2 Å². The zero-order valence-electron chi connectivity index (χ0n) is 16.5. The number of ether oxygens (including phenoxy) is 1. The van der Waals surface area contributed by atoms with Crippen molar-refractivity contribution in [3.05, 3.63) is 77.5 Å². The van der Waals surface area contributed by atoms with E-state index in [4.69, 9.17) is 4.74 Å². The predicted molar refractivity (Wildman–Crippen MR) is 125 cm³/mol. The third kappa shape index (κ3) is 4.95. The lowest BCUT2D eigenvalue weighted by Crippen LogP contribution is -2.15. The maximum Gasteiger partial charge on any atom is 0.234 e. The highest BCUT2D eigenvalue weighted by Gasteiger charge is 2.18. The molecule has 0 bridgehead atoms. The fourth-order valence-electron chi connectivity index (χ4n) is 2.89. The van der Waals surface area contributed by atoms with Gasteiger partial charge in [-0.1, -0.05) is 23.9 Å². The molecule has 0 fully saturated rings. The van der Waals surface area contributed by atoms with Crippen molar-refractivity contribution in [2.45, 2.75) is 5.16 Å². The Kier molecular flexibility index (Phi) is 6.63. The van der Waals surface area contributed by atoms with Crippen molar-refractivity contribution in [2.75, 3.05) is 18.2 Å². The van der Waals surface area contributed by atoms with Gasteiger partial charge in [0.15, 0.2) is 11.0 Å². The highest BCUT2D eigenvalue weighted by Crippen LogP contribution is 2.29. The van der Waals surface area contributed by atoms with Crippen molar-refractivity contribution < 1.29 is 9.53 Å². The van der Waals surface area contributed by atoms with E-state index in [0.29, 0.717) is 11.0 Å². The van der Waals surface area contributed by atoms with Crippen LogP contribution in [-0.4, -0.2) is 38.5 Å². The number of carbonyl (C=O) groups is 1. The molecule has 0 aliphatic rings. The molecule has 2 aromatic heterocycles. The summed E-state index contributed by atoms with van der Waals surface area (Å²) in [5.41, 5.74) is 2.41. The topological polar surface area (TPSA) is 81.9 Å². The van der Waals surface area contributed by atoms with E-state index in [-0.39, 0.29) is 11.7 Å². The molecular weight excluding hydrogens is 478 g/mol. The van der Waals surface area contributed by atoms with Crippen LogP contribution in [0, 0.1) is 0 Å². The fourth-order valence-corrected chi connectivity index (χ4v) is 4.02. The fraction of sp³-hybridized carbons (Fsp3) is 0.0909. The molecule has 9 heteroatoms. The van der Waals surface area contributed by atoms with Gasteiger partial charge < -0.3 is 10.1 Å². The standard InChI is InChI=1S/C22H18BrN5O2S/c1-30-17-10-8-16(9-11-17)28-21(15-5-4-12-24-13-15)26-27-22(28)31-14-20(29)25-19-7-3-2-6-18(19)23/h2-13H,14H2,1H3,(H,25,29). The molecule has 0 spiro atoms. The zero-order valence-corrected chi connectivity index (χ0v) is 18.9. The number of halogens is 1. The number of hydrogen-bond donors (Lipinski definition) is 1. The summed E-state index contributed by atoms with van der Waals surface area (Å²) in [6.07, 6.45) is 3.44. The first-order valence-electron chi connectivity index (χ1n) is 9.33. The summed E-state index contributed by atoms with van der Waals surface area (Å²) < 4.78 is 8.00. The Morgan fingerprint density at radius 3 is 2.61 bits per heavy atom. The van der Waals surface area contributed by atoms with E-state index in [1.165, 1.54) is 11.8 Å².